The summed E-state index contributed by atoms with van der Waals surface area (Å²) in [7, 11) is 0. The molecule has 0 fully saturated rings. The van der Waals surface area contributed by atoms with E-state index in [0.29, 0.717) is 19.3 Å². The van der Waals surface area contributed by atoms with Gasteiger partial charge in [0.2, 0.25) is 0 Å². The Morgan fingerprint density at radius 3 is 0.744 bits per heavy atom. The smallest absolute Gasteiger partial charge is 0.306 e. The van der Waals surface area contributed by atoms with Crippen LogP contribution in [0.1, 0.15) is 387 Å². The van der Waals surface area contributed by atoms with Crippen molar-refractivity contribution < 1.29 is 28.6 Å². The lowest BCUT2D eigenvalue weighted by molar-refractivity contribution is -0.167. The largest absolute Gasteiger partial charge is 0.462 e. The number of unbranched alkanes of at least 4 members (excludes halogenated alkanes) is 46. The van der Waals surface area contributed by atoms with Gasteiger partial charge in [0, 0.05) is 19.3 Å². The Bertz CT molecular complexity index is 1460. The average molecular weight is 1150 g/mol. The van der Waals surface area contributed by atoms with Gasteiger partial charge >= 0.3 is 17.9 Å². The topological polar surface area (TPSA) is 78.9 Å². The molecule has 0 amide bonds. The van der Waals surface area contributed by atoms with Crippen LogP contribution in [-0.4, -0.2) is 37.2 Å². The molecule has 0 heterocycles. The van der Waals surface area contributed by atoms with E-state index in [1.165, 1.54) is 257 Å². The number of carbonyl (C=O) groups excluding carboxylic acids is 3. The lowest BCUT2D eigenvalue weighted by Crippen LogP contribution is -2.30. The molecule has 0 aromatic rings. The standard InChI is InChI=1S/C76H138O6/c1-4-7-10-13-16-18-20-22-24-26-28-30-32-34-36-37-38-39-41-42-44-46-48-50-52-54-56-58-60-63-66-69-75(78)81-72-73(71-80-74(77)68-65-62-15-12-9-6-3)82-76(79)70-67-64-61-59-57-55-53-51-49-47-45-43-40-35-33-31-29-27-25-23-21-19-17-14-11-8-5-2/h7,10,16,18,22,24,28,30,34,36,73H,4-6,8-9,11-15,17,19-21,23,25-27,29,31-33,35,37-72H2,1-3H3/b10-7-,18-16-,24-22-,30-28-,36-34-. The van der Waals surface area contributed by atoms with Crippen LogP contribution in [0.2, 0.25) is 0 Å². The minimum Gasteiger partial charge on any atom is -0.462 e. The summed E-state index contributed by atoms with van der Waals surface area (Å²) in [4.78, 5) is 38.1. The van der Waals surface area contributed by atoms with Crippen LogP contribution in [0.5, 0.6) is 0 Å². The molecule has 478 valence electrons. The maximum atomic E-state index is 12.9. The summed E-state index contributed by atoms with van der Waals surface area (Å²) in [6.07, 6.45) is 91.6. The third-order valence-corrected chi connectivity index (χ3v) is 16.3. The molecule has 82 heavy (non-hydrogen) atoms. The highest BCUT2D eigenvalue weighted by Gasteiger charge is 2.19. The number of hydrogen-bond acceptors (Lipinski definition) is 6. The average Bonchev–Trinajstić information content (AvgIpc) is 3.47. The first-order chi connectivity index (χ1) is 40.5. The summed E-state index contributed by atoms with van der Waals surface area (Å²) in [5.74, 6) is -0.854. The summed E-state index contributed by atoms with van der Waals surface area (Å²) < 4.78 is 16.9. The van der Waals surface area contributed by atoms with Gasteiger partial charge in [0.05, 0.1) is 0 Å². The molecule has 0 aliphatic carbocycles. The van der Waals surface area contributed by atoms with E-state index in [1.807, 2.05) is 0 Å². The molecule has 0 aromatic heterocycles. The quantitative estimate of drug-likeness (QED) is 0.0261. The highest BCUT2D eigenvalue weighted by molar-refractivity contribution is 5.71. The van der Waals surface area contributed by atoms with Gasteiger partial charge in [-0.2, -0.15) is 0 Å². The van der Waals surface area contributed by atoms with Crippen molar-refractivity contribution in [1.29, 1.82) is 0 Å². The summed E-state index contributed by atoms with van der Waals surface area (Å²) in [6.45, 7) is 6.53. The number of ether oxygens (including phenoxy) is 3. The van der Waals surface area contributed by atoms with E-state index in [0.717, 1.165) is 89.9 Å². The molecule has 0 aliphatic rings. The fourth-order valence-electron chi connectivity index (χ4n) is 10.9. The van der Waals surface area contributed by atoms with Crippen molar-refractivity contribution in [2.45, 2.75) is 393 Å². The molecule has 1 unspecified atom stereocenters. The molecular weight excluding hydrogens is 1010 g/mol. The van der Waals surface area contributed by atoms with Gasteiger partial charge in [0.1, 0.15) is 13.2 Å². The van der Waals surface area contributed by atoms with Crippen LogP contribution in [-0.2, 0) is 28.6 Å². The number of esters is 3. The van der Waals surface area contributed by atoms with Gasteiger partial charge in [-0.3, -0.25) is 14.4 Å². The van der Waals surface area contributed by atoms with Gasteiger partial charge in [-0.05, 0) is 64.2 Å². The third-order valence-electron chi connectivity index (χ3n) is 16.3. The van der Waals surface area contributed by atoms with Crippen LogP contribution in [0, 0.1) is 0 Å². The highest BCUT2D eigenvalue weighted by Crippen LogP contribution is 2.19. The zero-order chi connectivity index (χ0) is 59.2. The van der Waals surface area contributed by atoms with Crippen molar-refractivity contribution in [1.82, 2.24) is 0 Å². The molecule has 0 saturated carbocycles. The molecule has 0 spiro atoms. The maximum Gasteiger partial charge on any atom is 0.306 e. The van der Waals surface area contributed by atoms with Crippen molar-refractivity contribution in [3.05, 3.63) is 60.8 Å². The van der Waals surface area contributed by atoms with Crippen molar-refractivity contribution in [3.8, 4) is 0 Å². The molecule has 6 nitrogen and oxygen atoms in total. The van der Waals surface area contributed by atoms with Gasteiger partial charge in [-0.1, -0.05) is 364 Å². The van der Waals surface area contributed by atoms with Gasteiger partial charge in [0.15, 0.2) is 6.10 Å². The Labute approximate surface area is 510 Å². The van der Waals surface area contributed by atoms with Gasteiger partial charge < -0.3 is 14.2 Å². The number of allylic oxidation sites excluding steroid dienone is 10. The maximum absolute atomic E-state index is 12.9. The number of hydrogen-bond donors (Lipinski definition) is 0. The second kappa shape index (κ2) is 70.6. The van der Waals surface area contributed by atoms with E-state index in [4.69, 9.17) is 14.2 Å². The highest BCUT2D eigenvalue weighted by atomic mass is 16.6. The zero-order valence-electron chi connectivity index (χ0n) is 55.0. The van der Waals surface area contributed by atoms with Crippen LogP contribution in [0.15, 0.2) is 60.8 Å². The Morgan fingerprint density at radius 1 is 0.256 bits per heavy atom. The van der Waals surface area contributed by atoms with Crippen molar-refractivity contribution in [2.75, 3.05) is 13.2 Å². The van der Waals surface area contributed by atoms with Gasteiger partial charge in [-0.15, -0.1) is 0 Å². The van der Waals surface area contributed by atoms with E-state index in [1.54, 1.807) is 0 Å². The Kier molecular flexibility index (Phi) is 68.1. The molecule has 0 rings (SSSR count). The molecule has 6 heteroatoms. The lowest BCUT2D eigenvalue weighted by atomic mass is 10.0. The lowest BCUT2D eigenvalue weighted by Gasteiger charge is -2.18. The van der Waals surface area contributed by atoms with Gasteiger partial charge in [-0.25, -0.2) is 0 Å². The molecule has 0 saturated heterocycles. The van der Waals surface area contributed by atoms with Crippen LogP contribution in [0.3, 0.4) is 0 Å². The molecule has 0 aromatic carbocycles. The first kappa shape index (κ1) is 79.1. The number of carbonyl (C=O) groups is 3. The Hall–Kier alpha value is -2.89. The van der Waals surface area contributed by atoms with Crippen molar-refractivity contribution in [3.63, 3.8) is 0 Å². The monoisotopic (exact) mass is 1150 g/mol. The summed E-state index contributed by atoms with van der Waals surface area (Å²) >= 11 is 0. The Balaban J connectivity index is 3.97. The molecule has 0 N–H and O–H groups in total. The first-order valence-corrected chi connectivity index (χ1v) is 36.3. The van der Waals surface area contributed by atoms with Crippen LogP contribution < -0.4 is 0 Å². The minimum absolute atomic E-state index is 0.0686. The van der Waals surface area contributed by atoms with E-state index in [2.05, 4.69) is 81.5 Å². The van der Waals surface area contributed by atoms with Gasteiger partial charge in [0.25, 0.3) is 0 Å². The molecule has 1 atom stereocenters. The van der Waals surface area contributed by atoms with Crippen molar-refractivity contribution in [2.24, 2.45) is 0 Å². The minimum atomic E-state index is -0.768. The van der Waals surface area contributed by atoms with E-state index >= 15 is 0 Å². The normalized spacial score (nSPS) is 12.4. The predicted octanol–water partition coefficient (Wildman–Crippen LogP) is 25.1. The predicted molar refractivity (Wildman–Crippen MR) is 358 cm³/mol. The molecule has 0 aliphatic heterocycles. The van der Waals surface area contributed by atoms with Crippen LogP contribution >= 0.6 is 0 Å². The molecule has 0 radical (unpaired) electrons. The van der Waals surface area contributed by atoms with E-state index < -0.39 is 6.10 Å². The second-order valence-corrected chi connectivity index (χ2v) is 24.5. The summed E-state index contributed by atoms with van der Waals surface area (Å²) in [6, 6.07) is 0. The zero-order valence-corrected chi connectivity index (χ0v) is 55.0. The summed E-state index contributed by atoms with van der Waals surface area (Å²) in [5.41, 5.74) is 0. The van der Waals surface area contributed by atoms with E-state index in [-0.39, 0.29) is 31.1 Å². The number of rotatable bonds is 67. The van der Waals surface area contributed by atoms with E-state index in [9.17, 15) is 14.4 Å². The van der Waals surface area contributed by atoms with Crippen LogP contribution in [0.4, 0.5) is 0 Å². The molecular formula is C76H138O6. The fraction of sp³-hybridized carbons (Fsp3) is 0.829. The summed E-state index contributed by atoms with van der Waals surface area (Å²) in [5, 5.41) is 0. The Morgan fingerprint density at radius 2 is 0.476 bits per heavy atom. The van der Waals surface area contributed by atoms with Crippen molar-refractivity contribution >= 4 is 17.9 Å². The fourth-order valence-corrected chi connectivity index (χ4v) is 10.9. The first-order valence-electron chi connectivity index (χ1n) is 36.3. The molecule has 0 bridgehead atoms. The van der Waals surface area contributed by atoms with Crippen LogP contribution in [0.25, 0.3) is 0 Å². The second-order valence-electron chi connectivity index (χ2n) is 24.5. The third kappa shape index (κ3) is 67.9. The SMILES string of the molecule is CC/C=C\C/C=C\C/C=C\C/C=C\C/C=C\CCCCCCCCCCCCCCCCCC(=O)OCC(COC(=O)CCCCCCCC)OC(=O)CCCCCCCCCCCCCCCCCCCCCCCCCCCCC.